The lowest BCUT2D eigenvalue weighted by Gasteiger charge is -2.29. The van der Waals surface area contributed by atoms with Crippen molar-refractivity contribution < 1.29 is 9.59 Å². The van der Waals surface area contributed by atoms with Gasteiger partial charge in [-0.15, -0.1) is 0 Å². The number of amides is 3. The largest absolute Gasteiger partial charge is 0.351 e. The SMILES string of the molecule is C[C@@H](C(=O)NC(N)=O)N1CCC[C@H]1c1ccsc1. The van der Waals surface area contributed by atoms with Crippen molar-refractivity contribution in [1.82, 2.24) is 10.2 Å². The number of imide groups is 1. The second kappa shape index (κ2) is 5.49. The van der Waals surface area contributed by atoms with Gasteiger partial charge >= 0.3 is 6.03 Å². The van der Waals surface area contributed by atoms with Crippen LogP contribution in [0.1, 0.15) is 31.4 Å². The normalized spacial score (nSPS) is 21.7. The van der Waals surface area contributed by atoms with Gasteiger partial charge in [0.25, 0.3) is 0 Å². The molecule has 0 unspecified atom stereocenters. The number of hydrogen-bond donors (Lipinski definition) is 2. The maximum Gasteiger partial charge on any atom is 0.318 e. The molecule has 1 fully saturated rings. The Morgan fingerprint density at radius 3 is 3.00 bits per heavy atom. The molecule has 2 heterocycles. The van der Waals surface area contributed by atoms with Crippen molar-refractivity contribution in [3.05, 3.63) is 22.4 Å². The Balaban J connectivity index is 2.07. The summed E-state index contributed by atoms with van der Waals surface area (Å²) in [7, 11) is 0. The smallest absolute Gasteiger partial charge is 0.318 e. The number of nitrogens with one attached hydrogen (secondary N) is 1. The first kappa shape index (κ1) is 13.0. The van der Waals surface area contributed by atoms with Crippen LogP contribution in [0.25, 0.3) is 0 Å². The summed E-state index contributed by atoms with van der Waals surface area (Å²) in [6, 6.07) is 1.22. The minimum absolute atomic E-state index is 0.268. The zero-order chi connectivity index (χ0) is 13.1. The first-order valence-electron chi connectivity index (χ1n) is 5.97. The van der Waals surface area contributed by atoms with Crippen LogP contribution in [0.4, 0.5) is 4.79 Å². The summed E-state index contributed by atoms with van der Waals surface area (Å²) >= 11 is 1.66. The van der Waals surface area contributed by atoms with E-state index < -0.39 is 6.03 Å². The fourth-order valence-corrected chi connectivity index (χ4v) is 3.16. The van der Waals surface area contributed by atoms with E-state index in [1.54, 1.807) is 11.3 Å². The molecule has 1 aromatic rings. The minimum Gasteiger partial charge on any atom is -0.351 e. The highest BCUT2D eigenvalue weighted by molar-refractivity contribution is 7.07. The van der Waals surface area contributed by atoms with Crippen molar-refractivity contribution in [2.24, 2.45) is 5.73 Å². The third-order valence-corrected chi connectivity index (χ3v) is 4.05. The van der Waals surface area contributed by atoms with E-state index in [0.717, 1.165) is 19.4 Å². The van der Waals surface area contributed by atoms with Gasteiger partial charge in [0, 0.05) is 6.04 Å². The summed E-state index contributed by atoms with van der Waals surface area (Å²) in [4.78, 5) is 24.6. The van der Waals surface area contributed by atoms with Crippen molar-refractivity contribution in [2.75, 3.05) is 6.54 Å². The van der Waals surface area contributed by atoms with E-state index >= 15 is 0 Å². The molecule has 0 bridgehead atoms. The molecule has 5 nitrogen and oxygen atoms in total. The third kappa shape index (κ3) is 2.70. The lowest BCUT2D eigenvalue weighted by atomic mass is 10.1. The number of thiophene rings is 1. The number of likely N-dealkylation sites (tertiary alicyclic amines) is 1. The molecular formula is C12H17N3O2S. The molecule has 2 rings (SSSR count). The molecule has 0 spiro atoms. The highest BCUT2D eigenvalue weighted by Crippen LogP contribution is 2.34. The number of carbonyl (C=O) groups excluding carboxylic acids is 2. The van der Waals surface area contributed by atoms with E-state index in [1.807, 2.05) is 12.3 Å². The summed E-state index contributed by atoms with van der Waals surface area (Å²) < 4.78 is 0. The van der Waals surface area contributed by atoms with Gasteiger partial charge in [0.05, 0.1) is 6.04 Å². The molecule has 1 saturated heterocycles. The van der Waals surface area contributed by atoms with E-state index in [-0.39, 0.29) is 18.0 Å². The van der Waals surface area contributed by atoms with Gasteiger partial charge in [0.1, 0.15) is 0 Å². The highest BCUT2D eigenvalue weighted by Gasteiger charge is 2.33. The van der Waals surface area contributed by atoms with Gasteiger partial charge in [-0.25, -0.2) is 4.79 Å². The Hall–Kier alpha value is -1.40. The summed E-state index contributed by atoms with van der Waals surface area (Å²) in [5.74, 6) is -0.329. The molecular weight excluding hydrogens is 250 g/mol. The number of primary amides is 1. The predicted molar refractivity (Wildman–Crippen MR) is 70.2 cm³/mol. The molecule has 6 heteroatoms. The maximum absolute atomic E-state index is 11.8. The fourth-order valence-electron chi connectivity index (χ4n) is 2.45. The van der Waals surface area contributed by atoms with Crippen LogP contribution < -0.4 is 11.1 Å². The Morgan fingerprint density at radius 2 is 2.39 bits per heavy atom. The number of rotatable bonds is 3. The molecule has 3 amide bonds. The third-order valence-electron chi connectivity index (χ3n) is 3.35. The monoisotopic (exact) mass is 267 g/mol. The van der Waals surface area contributed by atoms with Crippen LogP contribution in [-0.4, -0.2) is 29.4 Å². The number of nitrogens with zero attached hydrogens (tertiary/aromatic N) is 1. The molecule has 98 valence electrons. The lowest BCUT2D eigenvalue weighted by molar-refractivity contribution is -0.125. The van der Waals surface area contributed by atoms with E-state index in [0.29, 0.717) is 0 Å². The summed E-state index contributed by atoms with van der Waals surface area (Å²) in [6.07, 6.45) is 2.11. The summed E-state index contributed by atoms with van der Waals surface area (Å²) in [5.41, 5.74) is 6.22. The van der Waals surface area contributed by atoms with Crippen LogP contribution in [0.2, 0.25) is 0 Å². The Labute approximate surface area is 110 Å². The number of carbonyl (C=O) groups is 2. The van der Waals surface area contributed by atoms with E-state index in [9.17, 15) is 9.59 Å². The van der Waals surface area contributed by atoms with Crippen molar-refractivity contribution in [3.63, 3.8) is 0 Å². The standard InChI is InChI=1S/C12H17N3O2S/c1-8(11(16)14-12(13)17)15-5-2-3-10(15)9-4-6-18-7-9/h4,6-8,10H,2-3,5H2,1H3,(H3,13,14,16,17)/t8-,10-/m0/s1. The van der Waals surface area contributed by atoms with Gasteiger partial charge in [-0.1, -0.05) is 0 Å². The fraction of sp³-hybridized carbons (Fsp3) is 0.500. The highest BCUT2D eigenvalue weighted by atomic mass is 32.1. The van der Waals surface area contributed by atoms with Crippen LogP contribution in [-0.2, 0) is 4.79 Å². The van der Waals surface area contributed by atoms with Gasteiger partial charge in [-0.3, -0.25) is 15.0 Å². The van der Waals surface area contributed by atoms with Crippen molar-refractivity contribution in [2.45, 2.75) is 31.8 Å². The number of hydrogen-bond acceptors (Lipinski definition) is 4. The molecule has 0 radical (unpaired) electrons. The zero-order valence-corrected chi connectivity index (χ0v) is 11.1. The molecule has 3 N–H and O–H groups in total. The molecule has 1 aliphatic heterocycles. The second-order valence-corrected chi connectivity index (χ2v) is 5.26. The second-order valence-electron chi connectivity index (χ2n) is 4.48. The summed E-state index contributed by atoms with van der Waals surface area (Å²) in [6.45, 7) is 2.68. The summed E-state index contributed by atoms with van der Waals surface area (Å²) in [5, 5.41) is 6.30. The van der Waals surface area contributed by atoms with Gasteiger partial charge in [-0.05, 0) is 48.7 Å². The molecule has 18 heavy (non-hydrogen) atoms. The van der Waals surface area contributed by atoms with Crippen LogP contribution in [0.3, 0.4) is 0 Å². The topological polar surface area (TPSA) is 75.4 Å². The number of nitrogens with two attached hydrogens (primary N) is 1. The Kier molecular flexibility index (Phi) is 3.98. The minimum atomic E-state index is -0.793. The zero-order valence-electron chi connectivity index (χ0n) is 10.3. The van der Waals surface area contributed by atoms with E-state index in [2.05, 4.69) is 21.7 Å². The molecule has 2 atom stereocenters. The number of urea groups is 1. The molecule has 0 aliphatic carbocycles. The van der Waals surface area contributed by atoms with Crippen molar-refractivity contribution >= 4 is 23.3 Å². The van der Waals surface area contributed by atoms with Crippen LogP contribution in [0.15, 0.2) is 16.8 Å². The molecule has 0 saturated carbocycles. The average Bonchev–Trinajstić information content (AvgIpc) is 2.97. The van der Waals surface area contributed by atoms with Crippen LogP contribution in [0.5, 0.6) is 0 Å². The van der Waals surface area contributed by atoms with Gasteiger partial charge in [0.2, 0.25) is 5.91 Å². The Morgan fingerprint density at radius 1 is 1.61 bits per heavy atom. The van der Waals surface area contributed by atoms with E-state index in [1.165, 1.54) is 5.56 Å². The van der Waals surface area contributed by atoms with Gasteiger partial charge < -0.3 is 5.73 Å². The quantitative estimate of drug-likeness (QED) is 0.870. The predicted octanol–water partition coefficient (Wildman–Crippen LogP) is 1.47. The van der Waals surface area contributed by atoms with Crippen LogP contribution in [0, 0.1) is 0 Å². The first-order chi connectivity index (χ1) is 8.59. The van der Waals surface area contributed by atoms with E-state index in [4.69, 9.17) is 5.73 Å². The maximum atomic E-state index is 11.8. The van der Waals surface area contributed by atoms with Crippen LogP contribution >= 0.6 is 11.3 Å². The average molecular weight is 267 g/mol. The van der Waals surface area contributed by atoms with Gasteiger partial charge in [-0.2, -0.15) is 11.3 Å². The van der Waals surface area contributed by atoms with Gasteiger partial charge in [0.15, 0.2) is 0 Å². The molecule has 0 aromatic carbocycles. The van der Waals surface area contributed by atoms with Crippen molar-refractivity contribution in [3.8, 4) is 0 Å². The molecule has 1 aromatic heterocycles. The Bertz CT molecular complexity index is 433. The molecule has 1 aliphatic rings. The van der Waals surface area contributed by atoms with Crippen molar-refractivity contribution in [1.29, 1.82) is 0 Å². The first-order valence-corrected chi connectivity index (χ1v) is 6.92. The lowest BCUT2D eigenvalue weighted by Crippen LogP contribution is -2.48.